The zero-order valence-corrected chi connectivity index (χ0v) is 17.9. The highest BCUT2D eigenvalue weighted by Crippen LogP contribution is 2.25. The van der Waals surface area contributed by atoms with Crippen LogP contribution < -0.4 is 5.56 Å². The lowest BCUT2D eigenvalue weighted by Crippen LogP contribution is -2.19. The number of nitrogens with zero attached hydrogens (tertiary/aromatic N) is 4. The molecule has 3 heterocycles. The average molecular weight is 461 g/mol. The second-order valence-electron chi connectivity index (χ2n) is 7.20. The zero-order chi connectivity index (χ0) is 23.0. The third-order valence-corrected chi connectivity index (χ3v) is 5.84. The minimum Gasteiger partial charge on any atom is -0.339 e. The number of aryl methyl sites for hydroxylation is 1. The third kappa shape index (κ3) is 4.33. The highest BCUT2D eigenvalue weighted by molar-refractivity contribution is 7.99. The van der Waals surface area contributed by atoms with Crippen molar-refractivity contribution in [2.75, 3.05) is 5.75 Å². The number of fused-ring (bicyclic) bond motifs is 1. The third-order valence-electron chi connectivity index (χ3n) is 4.97. The van der Waals surface area contributed by atoms with Crippen LogP contribution in [0.25, 0.3) is 16.7 Å². The van der Waals surface area contributed by atoms with Gasteiger partial charge in [-0.15, -0.1) is 0 Å². The van der Waals surface area contributed by atoms with Crippen molar-refractivity contribution in [1.82, 2.24) is 24.3 Å². The van der Waals surface area contributed by atoms with Gasteiger partial charge in [0.25, 0.3) is 5.56 Å². The summed E-state index contributed by atoms with van der Waals surface area (Å²) >= 11 is 1.01. The van der Waals surface area contributed by atoms with Crippen LogP contribution in [0.1, 0.15) is 21.7 Å². The summed E-state index contributed by atoms with van der Waals surface area (Å²) in [5.41, 5.74) is 1.51. The Bertz CT molecular complexity index is 1360. The molecule has 0 radical (unpaired) electrons. The van der Waals surface area contributed by atoms with E-state index < -0.39 is 18.3 Å². The number of aromatic nitrogens is 5. The van der Waals surface area contributed by atoms with Crippen LogP contribution in [0, 0.1) is 13.8 Å². The van der Waals surface area contributed by atoms with E-state index in [1.54, 1.807) is 0 Å². The zero-order valence-electron chi connectivity index (χ0n) is 17.1. The Hall–Kier alpha value is -3.34. The Morgan fingerprint density at radius 2 is 1.91 bits per heavy atom. The van der Waals surface area contributed by atoms with Gasteiger partial charge in [-0.2, -0.15) is 18.3 Å². The number of para-hydroxylation sites is 1. The van der Waals surface area contributed by atoms with Crippen LogP contribution in [0.3, 0.4) is 0 Å². The molecule has 0 amide bonds. The Labute approximate surface area is 184 Å². The molecule has 32 heavy (non-hydrogen) atoms. The van der Waals surface area contributed by atoms with Crippen LogP contribution >= 0.6 is 11.8 Å². The Kier molecular flexibility index (Phi) is 5.68. The monoisotopic (exact) mass is 461 g/mol. The summed E-state index contributed by atoms with van der Waals surface area (Å²) in [6.07, 6.45) is -2.96. The van der Waals surface area contributed by atoms with Gasteiger partial charge in [0.05, 0.1) is 17.6 Å². The number of H-pyrrole nitrogens is 1. The van der Waals surface area contributed by atoms with Crippen molar-refractivity contribution in [2.24, 2.45) is 0 Å². The average Bonchev–Trinajstić information content (AvgIpc) is 3.29. The highest BCUT2D eigenvalue weighted by Gasteiger charge is 2.30. The maximum absolute atomic E-state index is 12.8. The van der Waals surface area contributed by atoms with E-state index in [1.807, 2.05) is 30.3 Å². The molecule has 0 spiro atoms. The van der Waals surface area contributed by atoms with Gasteiger partial charge in [0.15, 0.2) is 16.6 Å². The molecule has 0 aliphatic carbocycles. The van der Waals surface area contributed by atoms with Gasteiger partial charge >= 0.3 is 6.18 Å². The number of carbonyl (C=O) groups excluding carboxylic acids is 1. The molecule has 0 saturated carbocycles. The minimum atomic E-state index is -4.38. The molecule has 0 saturated heterocycles. The molecule has 4 rings (SSSR count). The predicted molar refractivity (Wildman–Crippen MR) is 115 cm³/mol. The highest BCUT2D eigenvalue weighted by atomic mass is 32.2. The molecule has 0 aliphatic rings. The van der Waals surface area contributed by atoms with Crippen LogP contribution in [0.2, 0.25) is 0 Å². The summed E-state index contributed by atoms with van der Waals surface area (Å²) in [6.45, 7) is 1.86. The molecule has 0 unspecified atom stereocenters. The van der Waals surface area contributed by atoms with Crippen molar-refractivity contribution in [3.05, 3.63) is 69.9 Å². The SMILES string of the molecule is Cc1cc(C(=O)CSc2nc3c(cnn3-c3ccccc3)c(=O)[nH]2)c(C)n1CC(F)(F)F. The fourth-order valence-electron chi connectivity index (χ4n) is 3.44. The van der Waals surface area contributed by atoms with E-state index in [1.165, 1.54) is 30.8 Å². The molecule has 0 atom stereocenters. The first kappa shape index (κ1) is 21.9. The van der Waals surface area contributed by atoms with Crippen molar-refractivity contribution in [3.8, 4) is 5.69 Å². The van der Waals surface area contributed by atoms with Crippen LogP contribution in [0.4, 0.5) is 13.2 Å². The lowest BCUT2D eigenvalue weighted by Gasteiger charge is -2.12. The van der Waals surface area contributed by atoms with Gasteiger partial charge in [-0.25, -0.2) is 9.67 Å². The van der Waals surface area contributed by atoms with Gasteiger partial charge in [-0.05, 0) is 32.0 Å². The molecule has 0 aliphatic heterocycles. The van der Waals surface area contributed by atoms with Gasteiger partial charge < -0.3 is 9.55 Å². The molecule has 166 valence electrons. The summed E-state index contributed by atoms with van der Waals surface area (Å²) in [5.74, 6) is -0.444. The van der Waals surface area contributed by atoms with Crippen molar-refractivity contribution in [2.45, 2.75) is 31.7 Å². The van der Waals surface area contributed by atoms with Crippen molar-refractivity contribution in [3.63, 3.8) is 0 Å². The van der Waals surface area contributed by atoms with Crippen LogP contribution in [-0.4, -0.2) is 42.0 Å². The number of nitrogens with one attached hydrogen (secondary N) is 1. The summed E-state index contributed by atoms with van der Waals surface area (Å²) in [7, 11) is 0. The Morgan fingerprint density at radius 1 is 1.19 bits per heavy atom. The standard InChI is InChI=1S/C21H18F3N5O2S/c1-12-8-15(13(2)28(12)11-21(22,23)24)17(30)10-32-20-26-18-16(19(31)27-20)9-25-29(18)14-6-4-3-5-7-14/h3-9H,10-11H2,1-2H3,(H,26,27,31). The lowest BCUT2D eigenvalue weighted by molar-refractivity contribution is -0.141. The van der Waals surface area contributed by atoms with Crippen molar-refractivity contribution >= 4 is 28.6 Å². The number of rotatable bonds is 6. The number of Topliss-reactive ketones (excluding diaryl/α,β-unsaturated/α-hetero) is 1. The molecular formula is C21H18F3N5O2S. The summed E-state index contributed by atoms with van der Waals surface area (Å²) in [6, 6.07) is 10.6. The van der Waals surface area contributed by atoms with Crippen LogP contribution in [0.15, 0.2) is 52.5 Å². The van der Waals surface area contributed by atoms with Crippen LogP contribution in [0.5, 0.6) is 0 Å². The number of benzene rings is 1. The molecule has 1 aromatic carbocycles. The molecule has 4 aromatic rings. The van der Waals surface area contributed by atoms with E-state index in [-0.39, 0.29) is 27.9 Å². The normalized spacial score (nSPS) is 11.9. The number of hydrogen-bond acceptors (Lipinski definition) is 5. The summed E-state index contributed by atoms with van der Waals surface area (Å²) in [4.78, 5) is 32.2. The number of alkyl halides is 3. The predicted octanol–water partition coefficient (Wildman–Crippen LogP) is 4.06. The molecular weight excluding hydrogens is 443 g/mol. The van der Waals surface area contributed by atoms with Gasteiger partial charge in [0.1, 0.15) is 11.9 Å². The quantitative estimate of drug-likeness (QED) is 0.266. The van der Waals surface area contributed by atoms with E-state index in [2.05, 4.69) is 15.1 Å². The van der Waals surface area contributed by atoms with Crippen molar-refractivity contribution < 1.29 is 18.0 Å². The number of ketones is 1. The molecule has 1 N–H and O–H groups in total. The summed E-state index contributed by atoms with van der Waals surface area (Å²) < 4.78 is 41.0. The van der Waals surface area contributed by atoms with Gasteiger partial charge in [-0.3, -0.25) is 9.59 Å². The second-order valence-corrected chi connectivity index (χ2v) is 8.16. The molecule has 3 aromatic heterocycles. The molecule has 7 nitrogen and oxygen atoms in total. The first-order valence-electron chi connectivity index (χ1n) is 9.57. The van der Waals surface area contributed by atoms with Gasteiger partial charge in [-0.1, -0.05) is 30.0 Å². The van der Waals surface area contributed by atoms with Gasteiger partial charge in [0, 0.05) is 17.0 Å². The topological polar surface area (TPSA) is 85.6 Å². The lowest BCUT2D eigenvalue weighted by atomic mass is 10.2. The van der Waals surface area contributed by atoms with E-state index in [0.29, 0.717) is 16.7 Å². The second kappa shape index (κ2) is 8.30. The number of carbonyl (C=O) groups is 1. The van der Waals surface area contributed by atoms with Crippen LogP contribution in [-0.2, 0) is 6.54 Å². The maximum atomic E-state index is 12.8. The fraction of sp³-hybridized carbons (Fsp3) is 0.238. The van der Waals surface area contributed by atoms with Gasteiger partial charge in [0.2, 0.25) is 0 Å². The minimum absolute atomic E-state index is 0.0930. The number of thioether (sulfide) groups is 1. The van der Waals surface area contributed by atoms with E-state index in [0.717, 1.165) is 22.0 Å². The Morgan fingerprint density at radius 3 is 2.59 bits per heavy atom. The van der Waals surface area contributed by atoms with E-state index in [4.69, 9.17) is 0 Å². The molecule has 0 fully saturated rings. The van der Waals surface area contributed by atoms with E-state index in [9.17, 15) is 22.8 Å². The fourth-order valence-corrected chi connectivity index (χ4v) is 4.18. The summed E-state index contributed by atoms with van der Waals surface area (Å²) in [5, 5.41) is 4.75. The molecule has 11 heteroatoms. The first-order chi connectivity index (χ1) is 15.1. The largest absolute Gasteiger partial charge is 0.406 e. The maximum Gasteiger partial charge on any atom is 0.406 e. The number of halogens is 3. The van der Waals surface area contributed by atoms with Crippen molar-refractivity contribution in [1.29, 1.82) is 0 Å². The first-order valence-corrected chi connectivity index (χ1v) is 10.6. The Balaban J connectivity index is 1.58. The smallest absolute Gasteiger partial charge is 0.339 e. The number of hydrogen-bond donors (Lipinski definition) is 1. The van der Waals surface area contributed by atoms with E-state index >= 15 is 0 Å². The molecule has 0 bridgehead atoms. The number of aromatic amines is 1.